The van der Waals surface area contributed by atoms with Gasteiger partial charge in [0.05, 0.1) is 6.42 Å². The van der Waals surface area contributed by atoms with Gasteiger partial charge in [0, 0.05) is 25.0 Å². The Bertz CT molecular complexity index is 817. The second-order valence-corrected chi connectivity index (χ2v) is 8.53. The van der Waals surface area contributed by atoms with Crippen molar-refractivity contribution in [2.24, 2.45) is 5.41 Å². The average Bonchev–Trinajstić information content (AvgIpc) is 3.18. The van der Waals surface area contributed by atoms with Crippen molar-refractivity contribution in [1.29, 1.82) is 0 Å². The second-order valence-electron chi connectivity index (χ2n) is 8.53. The summed E-state index contributed by atoms with van der Waals surface area (Å²) in [6.45, 7) is 3.77. The van der Waals surface area contributed by atoms with Gasteiger partial charge in [-0.3, -0.25) is 4.79 Å². The zero-order valence-electron chi connectivity index (χ0n) is 15.4. The summed E-state index contributed by atoms with van der Waals surface area (Å²) in [6, 6.07) is 8.91. The molecule has 0 bridgehead atoms. The van der Waals surface area contributed by atoms with Crippen LogP contribution < -0.4 is 0 Å². The fourth-order valence-electron chi connectivity index (χ4n) is 4.78. The summed E-state index contributed by atoms with van der Waals surface area (Å²) in [6.07, 6.45) is 8.57. The van der Waals surface area contributed by atoms with Gasteiger partial charge in [-0.2, -0.15) is 0 Å². The first-order chi connectivity index (χ1) is 12.6. The molecule has 1 aromatic carbocycles. The largest absolute Gasteiger partial charge is 0.341 e. The highest BCUT2D eigenvalue weighted by atomic mass is 16.2. The fraction of sp³-hybridized carbons (Fsp3) is 0.571. The molecule has 1 saturated heterocycles. The molecule has 0 N–H and O–H groups in total. The van der Waals surface area contributed by atoms with Crippen molar-refractivity contribution in [2.45, 2.75) is 57.4 Å². The summed E-state index contributed by atoms with van der Waals surface area (Å²) in [5.74, 6) is 1.72. The zero-order chi connectivity index (χ0) is 17.7. The highest BCUT2D eigenvalue weighted by Gasteiger charge is 2.54. The number of benzene rings is 1. The molecule has 1 amide bonds. The third-order valence-electron chi connectivity index (χ3n) is 6.68. The van der Waals surface area contributed by atoms with E-state index in [2.05, 4.69) is 50.9 Å². The first-order valence-electron chi connectivity index (χ1n) is 9.87. The van der Waals surface area contributed by atoms with Crippen molar-refractivity contribution in [3.05, 3.63) is 47.5 Å². The molecule has 3 aliphatic rings. The number of carbonyl (C=O) groups is 1. The number of rotatable bonds is 4. The maximum atomic E-state index is 13.0. The van der Waals surface area contributed by atoms with Crippen LogP contribution in [0.5, 0.6) is 0 Å². The minimum Gasteiger partial charge on any atom is -0.341 e. The lowest BCUT2D eigenvalue weighted by Crippen LogP contribution is -2.38. The van der Waals surface area contributed by atoms with Crippen LogP contribution in [0.3, 0.4) is 0 Å². The summed E-state index contributed by atoms with van der Waals surface area (Å²) < 4.78 is 2.29. The first-order valence-corrected chi connectivity index (χ1v) is 9.87. The molecule has 2 heterocycles. The molecule has 136 valence electrons. The van der Waals surface area contributed by atoms with Crippen LogP contribution in [0.2, 0.25) is 0 Å². The molecule has 5 rings (SSSR count). The minimum atomic E-state index is 0.239. The summed E-state index contributed by atoms with van der Waals surface area (Å²) in [5, 5.41) is 8.71. The van der Waals surface area contributed by atoms with E-state index in [4.69, 9.17) is 0 Å². The Labute approximate surface area is 154 Å². The minimum absolute atomic E-state index is 0.239. The maximum absolute atomic E-state index is 13.0. The number of hydrogen-bond donors (Lipinski definition) is 0. The number of hydrogen-bond acceptors (Lipinski definition) is 3. The zero-order valence-corrected chi connectivity index (χ0v) is 15.4. The third-order valence-corrected chi connectivity index (χ3v) is 6.68. The van der Waals surface area contributed by atoms with E-state index in [-0.39, 0.29) is 11.3 Å². The second kappa shape index (κ2) is 5.93. The van der Waals surface area contributed by atoms with E-state index < -0.39 is 0 Å². The number of aryl methyl sites for hydroxylation is 1. The summed E-state index contributed by atoms with van der Waals surface area (Å²) >= 11 is 0. The molecule has 2 saturated carbocycles. The van der Waals surface area contributed by atoms with E-state index in [1.165, 1.54) is 37.7 Å². The standard InChI is InChI=1S/C21H26N4O/c1-15-3-5-16(6-4-15)11-19(26)24-12-18(21(13-24)9-2-10-21)20-23-22-14-25(20)17-7-8-17/h3-6,14,17-18H,2,7-13H2,1H3. The molecule has 1 aromatic heterocycles. The predicted octanol–water partition coefficient (Wildman–Crippen LogP) is 3.26. The molecule has 1 aliphatic heterocycles. The summed E-state index contributed by atoms with van der Waals surface area (Å²) in [4.78, 5) is 15.0. The molecule has 1 unspecified atom stereocenters. The fourth-order valence-corrected chi connectivity index (χ4v) is 4.78. The Kier molecular flexibility index (Phi) is 3.66. The van der Waals surface area contributed by atoms with Gasteiger partial charge in [0.25, 0.3) is 0 Å². The van der Waals surface area contributed by atoms with E-state index in [0.29, 0.717) is 18.4 Å². The molecule has 1 atom stereocenters. The highest BCUT2D eigenvalue weighted by Crippen LogP contribution is 2.56. The van der Waals surface area contributed by atoms with Crippen LogP contribution in [0.4, 0.5) is 0 Å². The van der Waals surface area contributed by atoms with E-state index in [9.17, 15) is 4.79 Å². The normalized spacial score (nSPS) is 24.0. The Hall–Kier alpha value is -2.17. The SMILES string of the molecule is Cc1ccc(CC(=O)N2CC(c3nncn3C3CC3)C3(CCC3)C2)cc1. The Balaban J connectivity index is 1.36. The van der Waals surface area contributed by atoms with Crippen molar-refractivity contribution >= 4 is 5.91 Å². The van der Waals surface area contributed by atoms with Gasteiger partial charge in [0.2, 0.25) is 5.91 Å². The maximum Gasteiger partial charge on any atom is 0.227 e. The van der Waals surface area contributed by atoms with E-state index >= 15 is 0 Å². The lowest BCUT2D eigenvalue weighted by atomic mass is 9.62. The molecule has 2 aliphatic carbocycles. The molecular formula is C21H26N4O. The van der Waals surface area contributed by atoms with Crippen LogP contribution in [0.1, 0.15) is 61.0 Å². The van der Waals surface area contributed by atoms with E-state index in [1.807, 2.05) is 6.33 Å². The molecule has 5 heteroatoms. The summed E-state index contributed by atoms with van der Waals surface area (Å²) in [5.41, 5.74) is 2.57. The van der Waals surface area contributed by atoms with Crippen LogP contribution in [-0.4, -0.2) is 38.7 Å². The van der Waals surface area contributed by atoms with E-state index in [1.54, 1.807) is 0 Å². The number of amides is 1. The van der Waals surface area contributed by atoms with Crippen molar-refractivity contribution in [1.82, 2.24) is 19.7 Å². The average molecular weight is 350 g/mol. The van der Waals surface area contributed by atoms with Crippen LogP contribution in [0, 0.1) is 12.3 Å². The van der Waals surface area contributed by atoms with Gasteiger partial charge in [0.15, 0.2) is 0 Å². The lowest BCUT2D eigenvalue weighted by Gasteiger charge is -2.42. The van der Waals surface area contributed by atoms with Crippen molar-refractivity contribution in [2.75, 3.05) is 13.1 Å². The molecule has 2 aromatic rings. The van der Waals surface area contributed by atoms with Crippen molar-refractivity contribution in [3.8, 4) is 0 Å². The van der Waals surface area contributed by atoms with E-state index in [0.717, 1.165) is 24.5 Å². The van der Waals surface area contributed by atoms with Gasteiger partial charge in [-0.1, -0.05) is 36.2 Å². The Morgan fingerprint density at radius 2 is 2.00 bits per heavy atom. The predicted molar refractivity (Wildman–Crippen MR) is 98.8 cm³/mol. The van der Waals surface area contributed by atoms with Gasteiger partial charge in [-0.05, 0) is 43.6 Å². The molecule has 0 radical (unpaired) electrons. The monoisotopic (exact) mass is 350 g/mol. The van der Waals surface area contributed by atoms with Gasteiger partial charge in [0.1, 0.15) is 12.2 Å². The number of aromatic nitrogens is 3. The van der Waals surface area contributed by atoms with Crippen LogP contribution in [-0.2, 0) is 11.2 Å². The highest BCUT2D eigenvalue weighted by molar-refractivity contribution is 5.79. The Morgan fingerprint density at radius 3 is 2.65 bits per heavy atom. The van der Waals surface area contributed by atoms with Gasteiger partial charge in [-0.15, -0.1) is 10.2 Å². The summed E-state index contributed by atoms with van der Waals surface area (Å²) in [7, 11) is 0. The molecule has 1 spiro atoms. The molecule has 26 heavy (non-hydrogen) atoms. The number of nitrogens with zero attached hydrogens (tertiary/aromatic N) is 4. The van der Waals surface area contributed by atoms with Crippen LogP contribution in [0.15, 0.2) is 30.6 Å². The smallest absolute Gasteiger partial charge is 0.227 e. The molecule has 5 nitrogen and oxygen atoms in total. The van der Waals surface area contributed by atoms with Gasteiger partial charge in [-0.25, -0.2) is 0 Å². The quantitative estimate of drug-likeness (QED) is 0.850. The first kappa shape index (κ1) is 16.0. The third kappa shape index (κ3) is 2.65. The molecular weight excluding hydrogens is 324 g/mol. The number of carbonyl (C=O) groups excluding carboxylic acids is 1. The van der Waals surface area contributed by atoms with Crippen LogP contribution in [0.25, 0.3) is 0 Å². The topological polar surface area (TPSA) is 51.0 Å². The molecule has 3 fully saturated rings. The van der Waals surface area contributed by atoms with Gasteiger partial charge < -0.3 is 9.47 Å². The number of likely N-dealkylation sites (tertiary alicyclic amines) is 1. The Morgan fingerprint density at radius 1 is 1.23 bits per heavy atom. The van der Waals surface area contributed by atoms with Crippen molar-refractivity contribution in [3.63, 3.8) is 0 Å². The van der Waals surface area contributed by atoms with Crippen LogP contribution >= 0.6 is 0 Å². The van der Waals surface area contributed by atoms with Gasteiger partial charge >= 0.3 is 0 Å². The lowest BCUT2D eigenvalue weighted by molar-refractivity contribution is -0.130. The van der Waals surface area contributed by atoms with Crippen molar-refractivity contribution < 1.29 is 4.79 Å².